The molecule has 0 unspecified atom stereocenters. The second kappa shape index (κ2) is 10.4. The van der Waals surface area contributed by atoms with Gasteiger partial charge in [-0.15, -0.1) is 0 Å². The van der Waals surface area contributed by atoms with Gasteiger partial charge in [0, 0.05) is 11.6 Å². The molecule has 5 nitrogen and oxygen atoms in total. The highest BCUT2D eigenvalue weighted by atomic mass is 35.5. The monoisotopic (exact) mass is 466 g/mol. The van der Waals surface area contributed by atoms with E-state index in [-0.39, 0.29) is 11.2 Å². The van der Waals surface area contributed by atoms with Crippen LogP contribution in [0.4, 0.5) is 5.69 Å². The Labute approximate surface area is 191 Å². The Morgan fingerprint density at radius 1 is 1.17 bits per heavy atom. The first-order valence-electron chi connectivity index (χ1n) is 9.78. The number of hydrogen-bond donors (Lipinski definition) is 0. The molecule has 0 aliphatic carbocycles. The molecule has 1 fully saturated rings. The van der Waals surface area contributed by atoms with Crippen molar-refractivity contribution in [3.8, 4) is 11.5 Å². The normalized spacial score (nSPS) is 17.6. The van der Waals surface area contributed by atoms with Gasteiger partial charge in [0.25, 0.3) is 0 Å². The van der Waals surface area contributed by atoms with E-state index in [1.54, 1.807) is 24.1 Å². The summed E-state index contributed by atoms with van der Waals surface area (Å²) in [6.07, 6.45) is 1.29. The Kier molecular flexibility index (Phi) is 7.92. The van der Waals surface area contributed by atoms with E-state index < -0.39 is 0 Å². The van der Waals surface area contributed by atoms with Crippen LogP contribution in [0.15, 0.2) is 41.4 Å². The quantitative estimate of drug-likeness (QED) is 0.479. The van der Waals surface area contributed by atoms with E-state index in [2.05, 4.69) is 0 Å². The van der Waals surface area contributed by atoms with E-state index in [4.69, 9.17) is 37.7 Å². The van der Waals surface area contributed by atoms with Crippen molar-refractivity contribution in [2.75, 3.05) is 20.3 Å². The molecule has 1 heterocycles. The van der Waals surface area contributed by atoms with Gasteiger partial charge >= 0.3 is 0 Å². The molecule has 0 radical (unpaired) electrons. The van der Waals surface area contributed by atoms with Gasteiger partial charge in [-0.05, 0) is 61.7 Å². The number of thioether (sulfide) groups is 1. The molecule has 1 aliphatic rings. The molecule has 8 heteroatoms. The summed E-state index contributed by atoms with van der Waals surface area (Å²) >= 11 is 13.9. The highest BCUT2D eigenvalue weighted by Gasteiger charge is 2.38. The van der Waals surface area contributed by atoms with Crippen molar-refractivity contribution in [1.82, 2.24) is 4.90 Å². The second-order valence-electron chi connectivity index (χ2n) is 6.70. The predicted octanol–water partition coefficient (Wildman–Crippen LogP) is 5.98. The number of carbonyl (C=O) groups is 1. The number of halogens is 2. The third-order valence-electron chi connectivity index (χ3n) is 4.53. The number of aliphatic imine (C=N–C) groups is 1. The average Bonchev–Trinajstić information content (AvgIpc) is 2.98. The van der Waals surface area contributed by atoms with Gasteiger partial charge in [0.05, 0.1) is 29.7 Å². The van der Waals surface area contributed by atoms with Gasteiger partial charge in [0.2, 0.25) is 5.91 Å². The minimum atomic E-state index is -0.318. The summed E-state index contributed by atoms with van der Waals surface area (Å²) in [5.41, 5.74) is 1.58. The van der Waals surface area contributed by atoms with Crippen molar-refractivity contribution in [2.24, 2.45) is 4.99 Å². The number of carbonyl (C=O) groups excluding carboxylic acids is 1. The van der Waals surface area contributed by atoms with Gasteiger partial charge in [-0.2, -0.15) is 0 Å². The molecule has 2 aromatic carbocycles. The molecule has 1 aliphatic heterocycles. The van der Waals surface area contributed by atoms with Crippen LogP contribution >= 0.6 is 35.0 Å². The molecular formula is C22H24Cl2N2O3S. The number of methoxy groups -OCH3 is 1. The second-order valence-corrected chi connectivity index (χ2v) is 8.72. The van der Waals surface area contributed by atoms with Crippen LogP contribution in [-0.4, -0.2) is 41.5 Å². The lowest BCUT2D eigenvalue weighted by Crippen LogP contribution is -2.33. The van der Waals surface area contributed by atoms with Crippen LogP contribution in [0.5, 0.6) is 11.5 Å². The maximum atomic E-state index is 13.1. The van der Waals surface area contributed by atoms with Gasteiger partial charge in [0.15, 0.2) is 5.17 Å². The fraction of sp³-hybridized carbons (Fsp3) is 0.364. The van der Waals surface area contributed by atoms with Crippen LogP contribution in [0.3, 0.4) is 0 Å². The Morgan fingerprint density at radius 3 is 2.53 bits per heavy atom. The van der Waals surface area contributed by atoms with Crippen LogP contribution in [0.25, 0.3) is 0 Å². The minimum absolute atomic E-state index is 0.0321. The maximum Gasteiger partial charge on any atom is 0.242 e. The summed E-state index contributed by atoms with van der Waals surface area (Å²) in [5, 5.41) is 1.33. The third kappa shape index (κ3) is 5.23. The highest BCUT2D eigenvalue weighted by molar-refractivity contribution is 8.15. The smallest absolute Gasteiger partial charge is 0.242 e. The van der Waals surface area contributed by atoms with Crippen molar-refractivity contribution in [3.05, 3.63) is 52.0 Å². The van der Waals surface area contributed by atoms with Crippen molar-refractivity contribution >= 4 is 51.7 Å². The molecule has 0 spiro atoms. The number of amides is 1. The molecule has 1 saturated heterocycles. The van der Waals surface area contributed by atoms with E-state index in [9.17, 15) is 4.79 Å². The fourth-order valence-corrected chi connectivity index (χ4v) is 5.07. The molecule has 2 aromatic rings. The van der Waals surface area contributed by atoms with Crippen LogP contribution < -0.4 is 9.47 Å². The van der Waals surface area contributed by atoms with E-state index in [1.807, 2.05) is 38.1 Å². The minimum Gasteiger partial charge on any atom is -0.495 e. The Balaban J connectivity index is 1.86. The van der Waals surface area contributed by atoms with Crippen molar-refractivity contribution in [1.29, 1.82) is 0 Å². The summed E-state index contributed by atoms with van der Waals surface area (Å²) in [6, 6.07) is 11.0. The zero-order valence-corrected chi connectivity index (χ0v) is 19.5. The van der Waals surface area contributed by atoms with Gasteiger partial charge in [0.1, 0.15) is 11.5 Å². The Hall–Kier alpha value is -1.89. The number of nitrogens with zero attached hydrogens (tertiary/aromatic N) is 2. The summed E-state index contributed by atoms with van der Waals surface area (Å²) in [5.74, 6) is 1.38. The van der Waals surface area contributed by atoms with Crippen LogP contribution in [-0.2, 0) is 11.2 Å². The summed E-state index contributed by atoms with van der Waals surface area (Å²) in [4.78, 5) is 19.6. The summed E-state index contributed by atoms with van der Waals surface area (Å²) in [6.45, 7) is 5.21. The molecule has 1 amide bonds. The Bertz CT molecular complexity index is 935. The van der Waals surface area contributed by atoms with E-state index in [1.165, 1.54) is 11.8 Å². The van der Waals surface area contributed by atoms with E-state index in [0.717, 1.165) is 23.4 Å². The zero-order chi connectivity index (χ0) is 21.7. The first kappa shape index (κ1) is 22.8. The maximum absolute atomic E-state index is 13.1. The number of benzene rings is 2. The summed E-state index contributed by atoms with van der Waals surface area (Å²) < 4.78 is 10.9. The lowest BCUT2D eigenvalue weighted by Gasteiger charge is -2.16. The molecule has 30 heavy (non-hydrogen) atoms. The standard InChI is InChI=1S/C22H24Cl2N2O3S/c1-4-10-26-21(27)19(12-14-11-15(23)13-18(24)20(14)28-3)30-22(26)25-16-6-8-17(9-7-16)29-5-2/h6-9,11,13,19H,4-5,10,12H2,1-3H3/t19-/m1/s1. The van der Waals surface area contributed by atoms with Gasteiger partial charge in [-0.1, -0.05) is 41.9 Å². The number of rotatable bonds is 8. The molecule has 3 rings (SSSR count). The lowest BCUT2D eigenvalue weighted by atomic mass is 10.1. The van der Waals surface area contributed by atoms with Crippen LogP contribution in [0.1, 0.15) is 25.8 Å². The average molecular weight is 467 g/mol. The van der Waals surface area contributed by atoms with Gasteiger partial charge < -0.3 is 9.47 Å². The van der Waals surface area contributed by atoms with E-state index in [0.29, 0.717) is 40.5 Å². The molecule has 0 saturated carbocycles. The topological polar surface area (TPSA) is 51.1 Å². The largest absolute Gasteiger partial charge is 0.495 e. The van der Waals surface area contributed by atoms with E-state index >= 15 is 0 Å². The molecule has 0 N–H and O–H groups in total. The first-order valence-corrected chi connectivity index (χ1v) is 11.4. The van der Waals surface area contributed by atoms with Crippen molar-refractivity contribution in [3.63, 3.8) is 0 Å². The Morgan fingerprint density at radius 2 is 1.90 bits per heavy atom. The van der Waals surface area contributed by atoms with Crippen molar-refractivity contribution in [2.45, 2.75) is 31.9 Å². The third-order valence-corrected chi connectivity index (χ3v) is 6.21. The molecule has 0 aromatic heterocycles. The fourth-order valence-electron chi connectivity index (χ4n) is 3.24. The molecule has 0 bridgehead atoms. The molecule has 1 atom stereocenters. The predicted molar refractivity (Wildman–Crippen MR) is 125 cm³/mol. The number of amidine groups is 1. The summed E-state index contributed by atoms with van der Waals surface area (Å²) in [7, 11) is 1.56. The van der Waals surface area contributed by atoms with Gasteiger partial charge in [-0.25, -0.2) is 4.99 Å². The van der Waals surface area contributed by atoms with Crippen LogP contribution in [0.2, 0.25) is 10.0 Å². The van der Waals surface area contributed by atoms with Crippen molar-refractivity contribution < 1.29 is 14.3 Å². The van der Waals surface area contributed by atoms with Gasteiger partial charge in [-0.3, -0.25) is 9.69 Å². The lowest BCUT2D eigenvalue weighted by molar-refractivity contribution is -0.126. The highest BCUT2D eigenvalue weighted by Crippen LogP contribution is 2.37. The number of ether oxygens (including phenoxy) is 2. The SMILES string of the molecule is CCCN1C(=O)[C@@H](Cc2cc(Cl)cc(Cl)c2OC)SC1=Nc1ccc(OCC)cc1. The van der Waals surface area contributed by atoms with Crippen LogP contribution in [0, 0.1) is 0 Å². The first-order chi connectivity index (χ1) is 14.5. The molecular weight excluding hydrogens is 443 g/mol. The number of hydrogen-bond acceptors (Lipinski definition) is 5. The molecule has 160 valence electrons. The zero-order valence-electron chi connectivity index (χ0n) is 17.2.